The SMILES string of the molecule is CC1=Cc2c(-c3ccc(C(C)(C)C)cc3)cccc2[CH]1[Zr]([CH3])([CH3])(=[SiH2])[CH]1C=C(c2ccc(C(C)(C)C)cc2)c2ccccc21.Cl.Cl. The van der Waals surface area contributed by atoms with Gasteiger partial charge in [-0.25, -0.2) is 0 Å². The van der Waals surface area contributed by atoms with Gasteiger partial charge in [-0.3, -0.25) is 0 Å². The maximum atomic E-state index is 2.73. The molecule has 0 aromatic heterocycles. The molecule has 0 aliphatic heterocycles. The van der Waals surface area contributed by atoms with E-state index in [-0.39, 0.29) is 35.6 Å². The fraction of sp³-hybridized carbons (Fsp3) is 0.317. The summed E-state index contributed by atoms with van der Waals surface area (Å²) in [5, 5.41) is 0. The van der Waals surface area contributed by atoms with Gasteiger partial charge in [0.05, 0.1) is 0 Å². The van der Waals surface area contributed by atoms with Gasteiger partial charge in [0.2, 0.25) is 0 Å². The van der Waals surface area contributed by atoms with Crippen molar-refractivity contribution in [3.63, 3.8) is 0 Å². The summed E-state index contributed by atoms with van der Waals surface area (Å²) in [4.78, 5) is 0. The van der Waals surface area contributed by atoms with E-state index in [1.807, 2.05) is 0 Å². The summed E-state index contributed by atoms with van der Waals surface area (Å²) >= 11 is -3.57. The van der Waals surface area contributed by atoms with Crippen LogP contribution in [-0.2, 0) is 28.2 Å². The second-order valence-electron chi connectivity index (χ2n) is 16.4. The van der Waals surface area contributed by atoms with Gasteiger partial charge < -0.3 is 0 Å². The molecule has 0 saturated heterocycles. The van der Waals surface area contributed by atoms with Crippen LogP contribution in [0.2, 0.25) is 9.26 Å². The average Bonchev–Trinajstić information content (AvgIpc) is 3.51. The zero-order valence-corrected chi connectivity index (χ0v) is 34.0. The van der Waals surface area contributed by atoms with Crippen molar-refractivity contribution in [2.24, 2.45) is 0 Å². The molecule has 0 nitrogen and oxygen atoms in total. The van der Waals surface area contributed by atoms with Crippen molar-refractivity contribution in [2.45, 2.75) is 75.8 Å². The number of fused-ring (bicyclic) bond motifs is 2. The molecule has 0 fully saturated rings. The number of halogens is 2. The largest absolute Gasteiger partial charge is 0.147 e. The Hall–Kier alpha value is -1.96. The first-order valence-corrected chi connectivity index (χ1v) is 29.6. The Morgan fingerprint density at radius 2 is 1.09 bits per heavy atom. The number of hydrogen-bond donors (Lipinski definition) is 0. The van der Waals surface area contributed by atoms with E-state index in [9.17, 15) is 0 Å². The van der Waals surface area contributed by atoms with Crippen LogP contribution in [0.4, 0.5) is 0 Å². The van der Waals surface area contributed by atoms with Gasteiger partial charge in [-0.15, -0.1) is 24.8 Å². The van der Waals surface area contributed by atoms with Gasteiger partial charge >= 0.3 is 264 Å². The van der Waals surface area contributed by atoms with Gasteiger partial charge in [-0.05, 0) is 0 Å². The second kappa shape index (κ2) is 12.2. The molecule has 0 heterocycles. The van der Waals surface area contributed by atoms with E-state index < -0.39 is 17.4 Å². The van der Waals surface area contributed by atoms with E-state index in [0.29, 0.717) is 7.25 Å². The van der Waals surface area contributed by atoms with Gasteiger partial charge in [0, 0.05) is 0 Å². The van der Waals surface area contributed by atoms with E-state index in [4.69, 9.17) is 0 Å². The molecule has 2 unspecified atom stereocenters. The molecule has 6 rings (SSSR count). The number of benzene rings is 4. The van der Waals surface area contributed by atoms with Gasteiger partial charge in [-0.2, -0.15) is 0 Å². The van der Waals surface area contributed by atoms with Crippen LogP contribution in [0, 0.1) is 0 Å². The Morgan fingerprint density at radius 3 is 1.64 bits per heavy atom. The molecule has 4 heteroatoms. The van der Waals surface area contributed by atoms with E-state index in [2.05, 4.69) is 168 Å². The molecule has 4 aromatic carbocycles. The molecule has 2 atom stereocenters. The maximum Gasteiger partial charge on any atom is -0.147 e. The third-order valence-corrected chi connectivity index (χ3v) is 28.0. The predicted octanol–water partition coefficient (Wildman–Crippen LogP) is 11.8. The Morgan fingerprint density at radius 1 is 0.600 bits per heavy atom. The molecular formula is C41H50Cl2SiZr. The monoisotopic (exact) mass is 730 g/mol. The Labute approximate surface area is 287 Å². The average molecular weight is 733 g/mol. The summed E-state index contributed by atoms with van der Waals surface area (Å²) in [6, 6.07) is 35.0. The van der Waals surface area contributed by atoms with Crippen LogP contribution in [0.3, 0.4) is 0 Å². The van der Waals surface area contributed by atoms with E-state index >= 15 is 0 Å². The number of rotatable bonds is 4. The van der Waals surface area contributed by atoms with Crippen molar-refractivity contribution < 1.29 is 17.4 Å². The maximum absolute atomic E-state index is 3.57. The second-order valence-corrected chi connectivity index (χ2v) is 46.9. The van der Waals surface area contributed by atoms with Crippen LogP contribution in [-0.4, -0.2) is 6.88 Å². The molecule has 0 bridgehead atoms. The minimum Gasteiger partial charge on any atom is -0.147 e. The smallest absolute Gasteiger partial charge is 0.147 e. The molecule has 0 saturated carbocycles. The summed E-state index contributed by atoms with van der Waals surface area (Å²) in [5.41, 5.74) is 16.1. The van der Waals surface area contributed by atoms with Gasteiger partial charge in [0.1, 0.15) is 0 Å². The third kappa shape index (κ3) is 6.35. The summed E-state index contributed by atoms with van der Waals surface area (Å²) < 4.78 is 6.46. The minimum atomic E-state index is -3.57. The zero-order valence-electron chi connectivity index (χ0n) is 28.5. The van der Waals surface area contributed by atoms with Crippen molar-refractivity contribution >= 4 is 43.3 Å². The Balaban J connectivity index is 0.00000230. The number of allylic oxidation sites excluding steroid dienone is 2. The first-order chi connectivity index (χ1) is 20.0. The predicted molar refractivity (Wildman–Crippen MR) is 203 cm³/mol. The zero-order chi connectivity index (χ0) is 31.0. The van der Waals surface area contributed by atoms with Crippen molar-refractivity contribution in [1.29, 1.82) is 0 Å². The van der Waals surface area contributed by atoms with Crippen LogP contribution in [0.25, 0.3) is 22.8 Å². The van der Waals surface area contributed by atoms with Crippen LogP contribution in [0.1, 0.15) is 94.7 Å². The van der Waals surface area contributed by atoms with Gasteiger partial charge in [0.25, 0.3) is 0 Å². The van der Waals surface area contributed by atoms with Crippen molar-refractivity contribution in [3.05, 3.63) is 142 Å². The molecule has 2 aliphatic rings. The molecule has 0 spiro atoms. The third-order valence-electron chi connectivity index (χ3n) is 10.3. The minimum absolute atomic E-state index is 0. The van der Waals surface area contributed by atoms with Gasteiger partial charge in [0.15, 0.2) is 0 Å². The molecular weight excluding hydrogens is 683 g/mol. The molecule has 0 radical (unpaired) electrons. The van der Waals surface area contributed by atoms with Gasteiger partial charge in [-0.1, -0.05) is 0 Å². The van der Waals surface area contributed by atoms with Crippen molar-refractivity contribution in [2.75, 3.05) is 0 Å². The summed E-state index contributed by atoms with van der Waals surface area (Å²) in [5.74, 6) is 0. The topological polar surface area (TPSA) is 0 Å². The van der Waals surface area contributed by atoms with E-state index in [0.717, 1.165) is 0 Å². The number of hydrogen-bond acceptors (Lipinski definition) is 0. The molecule has 45 heavy (non-hydrogen) atoms. The van der Waals surface area contributed by atoms with E-state index in [1.165, 1.54) is 44.5 Å². The summed E-state index contributed by atoms with van der Waals surface area (Å²) in [6.45, 7) is 18.6. The van der Waals surface area contributed by atoms with E-state index in [1.54, 1.807) is 16.7 Å². The van der Waals surface area contributed by atoms with Crippen molar-refractivity contribution in [3.8, 4) is 11.1 Å². The Kier molecular flexibility index (Phi) is 9.77. The molecule has 0 amide bonds. The summed E-state index contributed by atoms with van der Waals surface area (Å²) in [7, 11) is 0. The molecule has 2 aliphatic carbocycles. The fourth-order valence-corrected chi connectivity index (χ4v) is 25.9. The standard InChI is InChI=1S/C20H21.C19H19.2CH3.2ClH.H2Si.Zr/c1-14-12-16-6-5-7-18(19(16)13-14)15-8-10-17(11-9-15)20(2,3)4;1-19(2,3)16-11-8-15(9-12-16)18-13-10-14-6-4-5-7-17(14)18;;;;;;/h5-13H,1-4H3;4-13H,1-3H3;2*1H3;2*1H;1H2;. The van der Waals surface area contributed by atoms with Crippen LogP contribution < -0.4 is 0 Å². The van der Waals surface area contributed by atoms with Crippen LogP contribution in [0.5, 0.6) is 0 Å². The molecule has 236 valence electrons. The normalized spacial score (nSPS) is 17.8. The molecule has 0 N–H and O–H groups in total. The summed E-state index contributed by atoms with van der Waals surface area (Å²) in [6.07, 6.45) is 5.20. The van der Waals surface area contributed by atoms with Crippen LogP contribution >= 0.6 is 24.8 Å². The molecule has 4 aromatic rings. The first-order valence-electron chi connectivity index (χ1n) is 16.0. The quantitative estimate of drug-likeness (QED) is 0.183. The van der Waals surface area contributed by atoms with Crippen molar-refractivity contribution in [1.82, 2.24) is 0 Å². The Bertz CT molecular complexity index is 1860. The fourth-order valence-electron chi connectivity index (χ4n) is 7.94. The van der Waals surface area contributed by atoms with Crippen LogP contribution in [0.15, 0.2) is 103 Å². The first kappa shape index (κ1) is 35.9.